The number of carbonyl (C=O) groups excluding carboxylic acids is 1. The number of nitrogens with zero attached hydrogens (tertiary/aromatic N) is 1. The zero-order chi connectivity index (χ0) is 15.7. The fourth-order valence-corrected chi connectivity index (χ4v) is 4.19. The van der Waals surface area contributed by atoms with Crippen molar-refractivity contribution in [1.82, 2.24) is 5.32 Å². The van der Waals surface area contributed by atoms with Crippen LogP contribution in [0.15, 0.2) is 16.6 Å². The van der Waals surface area contributed by atoms with Crippen LogP contribution < -0.4 is 10.2 Å². The molecule has 0 saturated heterocycles. The summed E-state index contributed by atoms with van der Waals surface area (Å²) < 4.78 is 6.37. The van der Waals surface area contributed by atoms with E-state index in [1.54, 1.807) is 0 Å². The van der Waals surface area contributed by atoms with Crippen molar-refractivity contribution < 1.29 is 9.53 Å². The van der Waals surface area contributed by atoms with Gasteiger partial charge in [-0.05, 0) is 56.0 Å². The molecule has 1 amide bonds. The Kier molecular flexibility index (Phi) is 4.73. The molecular formula is C17H23BrN2O2. The zero-order valence-corrected chi connectivity index (χ0v) is 14.8. The monoisotopic (exact) mass is 366 g/mol. The summed E-state index contributed by atoms with van der Waals surface area (Å²) in [5.74, 6) is 0.412. The van der Waals surface area contributed by atoms with Crippen LogP contribution in [-0.4, -0.2) is 31.8 Å². The van der Waals surface area contributed by atoms with Gasteiger partial charge in [0.05, 0.1) is 12.3 Å². The summed E-state index contributed by atoms with van der Waals surface area (Å²) in [6.07, 6.45) is 3.03. The van der Waals surface area contributed by atoms with Gasteiger partial charge in [0, 0.05) is 23.0 Å². The summed E-state index contributed by atoms with van der Waals surface area (Å²) in [5, 5.41) is 3.64. The second-order valence-electron chi connectivity index (χ2n) is 6.06. The molecule has 1 heterocycles. The van der Waals surface area contributed by atoms with Crippen LogP contribution in [0.3, 0.4) is 0 Å². The summed E-state index contributed by atoms with van der Waals surface area (Å²) >= 11 is 3.69. The van der Waals surface area contributed by atoms with Crippen LogP contribution in [0.2, 0.25) is 0 Å². The van der Waals surface area contributed by atoms with Gasteiger partial charge in [-0.25, -0.2) is 4.79 Å². The normalized spacial score (nSPS) is 22.6. The van der Waals surface area contributed by atoms with Crippen LogP contribution in [0.5, 0.6) is 0 Å². The number of halogens is 1. The molecule has 22 heavy (non-hydrogen) atoms. The molecule has 2 atom stereocenters. The standard InChI is InChI=1S/C17H23BrN2O2/c1-3-7-19-12-8-11-10-20(17(21)22-4-2)15-6-5-14(18)13(9-12)16(11)15/h5-6,11-12,19H,3-4,7-10H2,1-2H3. The quantitative estimate of drug-likeness (QED) is 0.880. The lowest BCUT2D eigenvalue weighted by atomic mass is 9.81. The highest BCUT2D eigenvalue weighted by molar-refractivity contribution is 9.10. The molecule has 1 aromatic carbocycles. The summed E-state index contributed by atoms with van der Waals surface area (Å²) in [6.45, 7) is 6.24. The molecule has 1 aromatic rings. The fraction of sp³-hybridized carbons (Fsp3) is 0.588. The van der Waals surface area contributed by atoms with Crippen LogP contribution in [0.1, 0.15) is 43.7 Å². The molecule has 0 radical (unpaired) electrons. The second-order valence-corrected chi connectivity index (χ2v) is 6.91. The Bertz CT molecular complexity index is 576. The van der Waals surface area contributed by atoms with Gasteiger partial charge in [-0.3, -0.25) is 4.90 Å². The highest BCUT2D eigenvalue weighted by Crippen LogP contribution is 2.47. The number of rotatable bonds is 4. The van der Waals surface area contributed by atoms with Crippen LogP contribution in [0, 0.1) is 0 Å². The third-order valence-corrected chi connectivity index (χ3v) is 5.31. The average molecular weight is 367 g/mol. The first-order valence-electron chi connectivity index (χ1n) is 8.14. The lowest BCUT2D eigenvalue weighted by Gasteiger charge is -2.29. The van der Waals surface area contributed by atoms with Gasteiger partial charge in [-0.1, -0.05) is 22.9 Å². The minimum Gasteiger partial charge on any atom is -0.449 e. The Morgan fingerprint density at radius 2 is 2.27 bits per heavy atom. The van der Waals surface area contributed by atoms with E-state index in [1.165, 1.54) is 11.1 Å². The topological polar surface area (TPSA) is 41.6 Å². The molecule has 4 nitrogen and oxygen atoms in total. The van der Waals surface area contributed by atoms with Gasteiger partial charge in [-0.15, -0.1) is 0 Å². The minimum absolute atomic E-state index is 0.223. The number of carbonyl (C=O) groups is 1. The van der Waals surface area contributed by atoms with E-state index in [-0.39, 0.29) is 6.09 Å². The van der Waals surface area contributed by atoms with E-state index in [9.17, 15) is 4.79 Å². The molecular weight excluding hydrogens is 344 g/mol. The number of anilines is 1. The van der Waals surface area contributed by atoms with E-state index in [4.69, 9.17) is 4.74 Å². The molecule has 5 heteroatoms. The van der Waals surface area contributed by atoms with Crippen molar-refractivity contribution in [2.45, 2.75) is 45.1 Å². The molecule has 120 valence electrons. The Labute approximate surface area is 140 Å². The second kappa shape index (κ2) is 6.59. The third kappa shape index (κ3) is 2.76. The van der Waals surface area contributed by atoms with Crippen LogP contribution in [0.25, 0.3) is 0 Å². The van der Waals surface area contributed by atoms with Gasteiger partial charge < -0.3 is 10.1 Å². The Morgan fingerprint density at radius 3 is 3.00 bits per heavy atom. The summed E-state index contributed by atoms with van der Waals surface area (Å²) in [6, 6.07) is 4.59. The zero-order valence-electron chi connectivity index (χ0n) is 13.2. The van der Waals surface area contributed by atoms with Crippen LogP contribution in [0.4, 0.5) is 10.5 Å². The lowest BCUT2D eigenvalue weighted by Crippen LogP contribution is -2.37. The maximum atomic E-state index is 12.2. The van der Waals surface area contributed by atoms with Crippen LogP contribution in [-0.2, 0) is 11.2 Å². The lowest BCUT2D eigenvalue weighted by molar-refractivity contribution is 0.160. The summed E-state index contributed by atoms with van der Waals surface area (Å²) in [5.41, 5.74) is 3.74. The Balaban J connectivity index is 1.90. The number of amides is 1. The molecule has 1 N–H and O–H groups in total. The largest absolute Gasteiger partial charge is 0.449 e. The van der Waals surface area contributed by atoms with Gasteiger partial charge in [0.2, 0.25) is 0 Å². The molecule has 0 bridgehead atoms. The van der Waals surface area contributed by atoms with Gasteiger partial charge >= 0.3 is 6.09 Å². The smallest absolute Gasteiger partial charge is 0.414 e. The van der Waals surface area contributed by atoms with Gasteiger partial charge in [0.15, 0.2) is 0 Å². The first kappa shape index (κ1) is 15.8. The van der Waals surface area contributed by atoms with Crippen molar-refractivity contribution in [3.05, 3.63) is 27.7 Å². The van der Waals surface area contributed by atoms with Crippen molar-refractivity contribution in [2.75, 3.05) is 24.6 Å². The number of hydrogen-bond acceptors (Lipinski definition) is 3. The van der Waals surface area contributed by atoms with E-state index < -0.39 is 0 Å². The van der Waals surface area contributed by atoms with E-state index in [2.05, 4.69) is 34.2 Å². The SMILES string of the molecule is CCCNC1Cc2c(Br)ccc3c2C(C1)CN3C(=O)OCC. The summed E-state index contributed by atoms with van der Waals surface area (Å²) in [7, 11) is 0. The molecule has 1 aliphatic carbocycles. The molecule has 2 aliphatic rings. The number of ether oxygens (including phenoxy) is 1. The van der Waals surface area contributed by atoms with Gasteiger partial charge in [-0.2, -0.15) is 0 Å². The fourth-order valence-electron chi connectivity index (χ4n) is 3.68. The number of nitrogens with one attached hydrogen (secondary N) is 1. The first-order valence-corrected chi connectivity index (χ1v) is 8.93. The van der Waals surface area contributed by atoms with Crippen molar-refractivity contribution in [1.29, 1.82) is 0 Å². The Morgan fingerprint density at radius 1 is 1.45 bits per heavy atom. The van der Waals surface area contributed by atoms with E-state index in [1.807, 2.05) is 17.9 Å². The number of benzene rings is 1. The minimum atomic E-state index is -0.223. The van der Waals surface area contributed by atoms with Gasteiger partial charge in [0.1, 0.15) is 0 Å². The molecule has 0 fully saturated rings. The molecule has 1 aliphatic heterocycles. The highest BCUT2D eigenvalue weighted by Gasteiger charge is 2.39. The molecule has 0 saturated carbocycles. The van der Waals surface area contributed by atoms with Crippen molar-refractivity contribution >= 4 is 27.7 Å². The third-order valence-electron chi connectivity index (χ3n) is 4.57. The van der Waals surface area contributed by atoms with E-state index >= 15 is 0 Å². The predicted octanol–water partition coefficient (Wildman–Crippen LogP) is 3.82. The van der Waals surface area contributed by atoms with Crippen LogP contribution >= 0.6 is 15.9 Å². The van der Waals surface area contributed by atoms with E-state index in [0.717, 1.165) is 42.5 Å². The molecule has 0 spiro atoms. The van der Waals surface area contributed by atoms with Gasteiger partial charge in [0.25, 0.3) is 0 Å². The average Bonchev–Trinajstić information content (AvgIpc) is 2.88. The Hall–Kier alpha value is -1.07. The predicted molar refractivity (Wildman–Crippen MR) is 91.7 cm³/mol. The van der Waals surface area contributed by atoms with Crippen molar-refractivity contribution in [3.8, 4) is 0 Å². The molecule has 0 aromatic heterocycles. The molecule has 3 rings (SSSR count). The summed E-state index contributed by atoms with van der Waals surface area (Å²) in [4.78, 5) is 14.0. The highest BCUT2D eigenvalue weighted by atomic mass is 79.9. The maximum absolute atomic E-state index is 12.2. The number of hydrogen-bond donors (Lipinski definition) is 1. The molecule has 2 unspecified atom stereocenters. The van der Waals surface area contributed by atoms with Crippen molar-refractivity contribution in [3.63, 3.8) is 0 Å². The maximum Gasteiger partial charge on any atom is 0.414 e. The van der Waals surface area contributed by atoms with Crippen molar-refractivity contribution in [2.24, 2.45) is 0 Å². The first-order chi connectivity index (χ1) is 10.7. The van der Waals surface area contributed by atoms with E-state index in [0.29, 0.717) is 18.6 Å².